The molecule has 0 saturated heterocycles. The number of benzene rings is 4. The standard InChI is InChI=1S/C24H29N3O5S.C24H29N3O4.C24H27N3O4.C23H29N3O3S/c1-15-12-20(27(6)26-15)22(31-16(2)32-23(29)33-14-21(28)30-7)19(13-25)17-8-10-18(11-9-17)24(3,4)5;2*1-8-13-29-23(28)31-17(3)30-22(21-14-16(2)26-27(21)7)20(15-25)18-9-11-19(12-10-18)24(4,5)6;1-8-30-22(27)29-16(3)28-21(20-13-15(2)25-26(20)7)19(14-24)17-9-11-18(12-10-17)23(4,5)6/h8-12,16H,14H2,1-7H3;8-12,14,17H,1,13H2,2-7H3;1,9-12,14,17H,13H2,2-7H3;9-13,16H,8H2,1-7H3/b22-19-;2*22-20-;21-19-. The number of rotatable bonds is 26. The van der Waals surface area contributed by atoms with E-state index in [0.717, 1.165) is 56.8 Å². The van der Waals surface area contributed by atoms with Crippen LogP contribution in [0, 0.1) is 85.4 Å². The molecule has 662 valence electrons. The number of esters is 1. The number of methoxy groups -OCH3 is 1. The maximum absolute atomic E-state index is 12.1. The molecule has 4 unspecified atom stereocenters. The fourth-order valence-electron chi connectivity index (χ4n) is 11.8. The first-order valence-corrected chi connectivity index (χ1v) is 41.8. The van der Waals surface area contributed by atoms with Crippen molar-refractivity contribution in [3.05, 3.63) is 224 Å². The second kappa shape index (κ2) is 46.9. The Labute approximate surface area is 742 Å². The summed E-state index contributed by atoms with van der Waals surface area (Å²) in [7, 11) is 8.27. The molecule has 4 heterocycles. The van der Waals surface area contributed by atoms with E-state index in [4.69, 9.17) is 53.8 Å². The largest absolute Gasteiger partial charge is 0.512 e. The third-order valence-electron chi connectivity index (χ3n) is 18.0. The number of nitriles is 4. The Morgan fingerprint density at radius 3 is 0.880 bits per heavy atom. The monoisotopic (exact) mass is 1740 g/mol. The zero-order valence-electron chi connectivity index (χ0n) is 76.3. The molecule has 4 aromatic carbocycles. The lowest BCUT2D eigenvalue weighted by atomic mass is 9.86. The lowest BCUT2D eigenvalue weighted by molar-refractivity contribution is -0.137. The van der Waals surface area contributed by atoms with E-state index in [0.29, 0.717) is 73.9 Å². The van der Waals surface area contributed by atoms with Crippen molar-refractivity contribution in [2.75, 3.05) is 31.8 Å². The van der Waals surface area contributed by atoms with Crippen LogP contribution in [0.1, 0.15) is 208 Å². The molecule has 0 saturated carbocycles. The van der Waals surface area contributed by atoms with E-state index < -0.39 is 54.0 Å². The molecule has 0 amide bonds. The maximum atomic E-state index is 12.1. The molecule has 8 aromatic rings. The molecule has 0 radical (unpaired) electrons. The van der Waals surface area contributed by atoms with Crippen molar-refractivity contribution in [1.82, 2.24) is 39.1 Å². The number of nitrogens with zero attached hydrogens (tertiary/aromatic N) is 12. The van der Waals surface area contributed by atoms with E-state index in [1.165, 1.54) is 32.6 Å². The zero-order chi connectivity index (χ0) is 93.6. The Bertz CT molecular complexity index is 5430. The van der Waals surface area contributed by atoms with Gasteiger partial charge in [0.2, 0.25) is 25.2 Å². The highest BCUT2D eigenvalue weighted by Gasteiger charge is 2.29. The van der Waals surface area contributed by atoms with Gasteiger partial charge in [0.1, 0.15) is 81.7 Å². The van der Waals surface area contributed by atoms with Crippen molar-refractivity contribution in [2.45, 2.75) is 192 Å². The van der Waals surface area contributed by atoms with Crippen molar-refractivity contribution >= 4 is 97.7 Å². The van der Waals surface area contributed by atoms with Crippen LogP contribution in [0.4, 0.5) is 19.2 Å². The Kier molecular flexibility index (Phi) is 38.4. The molecule has 0 aliphatic rings. The van der Waals surface area contributed by atoms with Gasteiger partial charge in [0, 0.05) is 61.6 Å². The number of hydrogen-bond donors (Lipinski definition) is 0. The molecule has 0 aliphatic heterocycles. The molecule has 30 heteroatoms. The molecule has 28 nitrogen and oxygen atoms in total. The summed E-state index contributed by atoms with van der Waals surface area (Å²) < 4.78 is 65.2. The lowest BCUT2D eigenvalue weighted by Crippen LogP contribution is -2.20. The smallest absolute Gasteiger partial charge is 0.468 e. The molecule has 0 N–H and O–H groups in total. The number of hydrogen-bond acceptors (Lipinski definition) is 26. The normalized spacial score (nSPS) is 13.0. The van der Waals surface area contributed by atoms with E-state index in [2.05, 4.69) is 145 Å². The van der Waals surface area contributed by atoms with Crippen LogP contribution >= 0.6 is 23.5 Å². The zero-order valence-corrected chi connectivity index (χ0v) is 77.9. The summed E-state index contributed by atoms with van der Waals surface area (Å²) in [5.74, 6) is 3.15. The minimum Gasteiger partial charge on any atom is -0.468 e. The highest BCUT2D eigenvalue weighted by atomic mass is 32.2. The molecule has 0 fully saturated rings. The number of terminal acetylenes is 1. The number of thioether (sulfide) groups is 2. The number of aryl methyl sites for hydroxylation is 8. The van der Waals surface area contributed by atoms with Crippen LogP contribution in [-0.2, 0) is 107 Å². The molecular weight excluding hydrogens is 1630 g/mol. The average Bonchev–Trinajstić information content (AvgIpc) is 1.76. The van der Waals surface area contributed by atoms with Crippen LogP contribution in [-0.4, -0.2) is 125 Å². The Morgan fingerprint density at radius 1 is 0.424 bits per heavy atom. The van der Waals surface area contributed by atoms with Gasteiger partial charge in [-0.15, -0.1) is 6.42 Å². The van der Waals surface area contributed by atoms with Gasteiger partial charge in [-0.3, -0.25) is 23.5 Å². The van der Waals surface area contributed by atoms with Crippen LogP contribution in [0.3, 0.4) is 0 Å². The van der Waals surface area contributed by atoms with Gasteiger partial charge in [-0.1, -0.05) is 206 Å². The predicted octanol–water partition coefficient (Wildman–Crippen LogP) is 20.2. The summed E-state index contributed by atoms with van der Waals surface area (Å²) in [6, 6.07) is 47.2. The van der Waals surface area contributed by atoms with E-state index in [1.54, 1.807) is 79.0 Å². The predicted molar refractivity (Wildman–Crippen MR) is 484 cm³/mol. The van der Waals surface area contributed by atoms with E-state index in [-0.39, 0.29) is 69.1 Å². The maximum Gasteiger partial charge on any atom is 0.512 e. The first-order chi connectivity index (χ1) is 58.6. The van der Waals surface area contributed by atoms with E-state index in [1.807, 2.05) is 138 Å². The van der Waals surface area contributed by atoms with Crippen molar-refractivity contribution in [1.29, 1.82) is 21.0 Å². The molecule has 0 bridgehead atoms. The third-order valence-corrected chi connectivity index (χ3v) is 19.4. The Balaban J connectivity index is 0.000000296. The van der Waals surface area contributed by atoms with Crippen molar-refractivity contribution in [2.24, 2.45) is 28.2 Å². The van der Waals surface area contributed by atoms with Crippen LogP contribution < -0.4 is 0 Å². The fourth-order valence-corrected chi connectivity index (χ4v) is 12.8. The fraction of sp³-hybridized carbons (Fsp3) is 0.400. The summed E-state index contributed by atoms with van der Waals surface area (Å²) in [6.07, 6.45) is 0.744. The third kappa shape index (κ3) is 31.3. The highest BCUT2D eigenvalue weighted by molar-refractivity contribution is 8.13. The molecular formula is C95H114N12O16S2. The summed E-state index contributed by atoms with van der Waals surface area (Å²) in [4.78, 5) is 58.6. The second-order valence-corrected chi connectivity index (χ2v) is 34.5. The van der Waals surface area contributed by atoms with Gasteiger partial charge in [0.15, 0.2) is 29.6 Å². The van der Waals surface area contributed by atoms with E-state index in [9.17, 15) is 45.0 Å². The molecule has 4 atom stereocenters. The van der Waals surface area contributed by atoms with Crippen LogP contribution in [0.15, 0.2) is 134 Å². The second-order valence-electron chi connectivity index (χ2n) is 32.4. The van der Waals surface area contributed by atoms with E-state index >= 15 is 0 Å². The first-order valence-electron chi connectivity index (χ1n) is 39.8. The van der Waals surface area contributed by atoms with Crippen LogP contribution in [0.25, 0.3) is 45.3 Å². The van der Waals surface area contributed by atoms with Crippen molar-refractivity contribution in [3.8, 4) is 36.6 Å². The summed E-state index contributed by atoms with van der Waals surface area (Å²) >= 11 is 1.73. The number of allylic oxidation sites excluding steroid dienone is 4. The van der Waals surface area contributed by atoms with Crippen LogP contribution in [0.2, 0.25) is 0 Å². The van der Waals surface area contributed by atoms with Gasteiger partial charge in [0.05, 0.1) is 29.9 Å². The minimum absolute atomic E-state index is 0.00713. The van der Waals surface area contributed by atoms with Crippen molar-refractivity contribution < 1.29 is 76.1 Å². The van der Waals surface area contributed by atoms with Gasteiger partial charge in [0.25, 0.3) is 0 Å². The van der Waals surface area contributed by atoms with Gasteiger partial charge in [-0.2, -0.15) is 41.4 Å². The summed E-state index contributed by atoms with van der Waals surface area (Å²) in [5.41, 5.74) is 13.9. The van der Waals surface area contributed by atoms with Gasteiger partial charge in [-0.25, -0.2) is 19.2 Å². The van der Waals surface area contributed by atoms with Gasteiger partial charge >= 0.3 is 28.9 Å². The van der Waals surface area contributed by atoms with Gasteiger partial charge < -0.3 is 52.1 Å². The number of ether oxygens (including phenoxy) is 11. The highest BCUT2D eigenvalue weighted by Crippen LogP contribution is 2.37. The average molecular weight is 1740 g/mol. The lowest BCUT2D eigenvalue weighted by Gasteiger charge is -2.20. The molecule has 4 aromatic heterocycles. The minimum atomic E-state index is -1.03. The Morgan fingerprint density at radius 2 is 0.672 bits per heavy atom. The molecule has 125 heavy (non-hydrogen) atoms. The van der Waals surface area contributed by atoms with Gasteiger partial charge in [-0.05, 0) is 142 Å². The van der Waals surface area contributed by atoms with Crippen molar-refractivity contribution in [3.63, 3.8) is 0 Å². The first kappa shape index (κ1) is 102. The van der Waals surface area contributed by atoms with Crippen LogP contribution in [0.5, 0.6) is 0 Å². The quantitative estimate of drug-likeness (QED) is 0.00924. The summed E-state index contributed by atoms with van der Waals surface area (Å²) in [5, 5.41) is 56.3. The topological polar surface area (TPSA) is 353 Å². The number of aromatic nitrogens is 8. The Hall–Kier alpha value is -13.2. The molecule has 0 spiro atoms. The SMILES string of the molecule is C#CCOC(=O)OC(C)O/C(=C(/C#N)c1ccc(C(C)(C)C)cc1)c1cc(C)nn1C.C=CCOC(=O)OC(C)O/C(=C(/C#N)c1ccc(C(C)(C)C)cc1)c1cc(C)nn1C.CCSC(=O)OC(C)O/C(=C(/C#N)c1ccc(C(C)(C)C)cc1)c1cc(C)nn1C.COC(=O)CSC(=O)OC(C)O/C(=C(/C#N)c1ccc(C(C)(C)C)cc1)c1cc(C)nn1C. The molecule has 8 rings (SSSR count). The number of carbonyl (C=O) groups is 5. The number of carbonyl (C=O) groups excluding carboxylic acids is 5. The summed E-state index contributed by atoms with van der Waals surface area (Å²) in [6.45, 7) is 44.3. The molecule has 0 aliphatic carbocycles.